The molecule has 1 aliphatic rings. The molecule has 1 aromatic heterocycles. The first-order valence-corrected chi connectivity index (χ1v) is 8.78. The van der Waals surface area contributed by atoms with Crippen LogP contribution in [0.3, 0.4) is 0 Å². The van der Waals surface area contributed by atoms with Crippen LogP contribution in [0.15, 0.2) is 30.3 Å². The third-order valence-corrected chi connectivity index (χ3v) is 4.70. The largest absolute Gasteiger partial charge is 0.490 e. The van der Waals surface area contributed by atoms with Crippen LogP contribution in [0.1, 0.15) is 42.9 Å². The van der Waals surface area contributed by atoms with Crippen molar-refractivity contribution in [3.8, 4) is 17.0 Å². The van der Waals surface area contributed by atoms with Gasteiger partial charge < -0.3 is 10.1 Å². The molecule has 0 spiro atoms. The van der Waals surface area contributed by atoms with Crippen molar-refractivity contribution in [3.63, 3.8) is 0 Å². The number of alkyl halides is 1. The summed E-state index contributed by atoms with van der Waals surface area (Å²) in [5.41, 5.74) is 3.66. The maximum atomic E-state index is 13.3. The van der Waals surface area contributed by atoms with E-state index in [4.69, 9.17) is 9.72 Å². The number of fused-ring (bicyclic) bond motifs is 1. The summed E-state index contributed by atoms with van der Waals surface area (Å²) in [5, 5.41) is 3.18. The second-order valence-corrected chi connectivity index (χ2v) is 6.62. The molecule has 3 nitrogen and oxygen atoms in total. The molecular formula is C20H24F2N2O. The number of halogens is 2. The first kappa shape index (κ1) is 17.8. The van der Waals surface area contributed by atoms with Crippen molar-refractivity contribution in [1.29, 1.82) is 0 Å². The van der Waals surface area contributed by atoms with E-state index >= 15 is 0 Å². The van der Waals surface area contributed by atoms with Crippen molar-refractivity contribution in [2.24, 2.45) is 0 Å². The number of hydrogen-bond donors (Lipinski definition) is 1. The first-order chi connectivity index (χ1) is 12.1. The van der Waals surface area contributed by atoms with Crippen LogP contribution in [0.5, 0.6) is 5.75 Å². The van der Waals surface area contributed by atoms with Gasteiger partial charge in [0.05, 0.1) is 13.3 Å². The van der Waals surface area contributed by atoms with E-state index in [9.17, 15) is 8.78 Å². The maximum absolute atomic E-state index is 13.3. The quantitative estimate of drug-likeness (QED) is 0.805. The molecule has 3 rings (SSSR count). The van der Waals surface area contributed by atoms with Crippen molar-refractivity contribution >= 4 is 0 Å². The van der Waals surface area contributed by atoms with Crippen LogP contribution in [-0.2, 0) is 0 Å². The number of pyridine rings is 1. The Labute approximate surface area is 147 Å². The second-order valence-electron chi connectivity index (χ2n) is 6.62. The van der Waals surface area contributed by atoms with E-state index in [1.807, 2.05) is 7.05 Å². The van der Waals surface area contributed by atoms with Gasteiger partial charge in [-0.2, -0.15) is 0 Å². The molecule has 0 saturated carbocycles. The Bertz CT molecular complexity index is 718. The highest BCUT2D eigenvalue weighted by Crippen LogP contribution is 2.42. The van der Waals surface area contributed by atoms with Gasteiger partial charge in [0.2, 0.25) is 0 Å². The zero-order valence-corrected chi connectivity index (χ0v) is 14.7. The summed E-state index contributed by atoms with van der Waals surface area (Å²) >= 11 is 0. The van der Waals surface area contributed by atoms with Crippen molar-refractivity contribution < 1.29 is 13.5 Å². The lowest BCUT2D eigenvalue weighted by Crippen LogP contribution is -2.19. The Morgan fingerprint density at radius 2 is 2.08 bits per heavy atom. The zero-order valence-electron chi connectivity index (χ0n) is 14.7. The lowest BCUT2D eigenvalue weighted by atomic mass is 9.93. The van der Waals surface area contributed by atoms with Gasteiger partial charge in [0.15, 0.2) is 0 Å². The number of aromatic nitrogens is 1. The molecule has 2 aromatic rings. The van der Waals surface area contributed by atoms with Crippen molar-refractivity contribution in [1.82, 2.24) is 10.3 Å². The van der Waals surface area contributed by atoms with Gasteiger partial charge in [0.25, 0.3) is 0 Å². The molecule has 1 aliphatic heterocycles. The Hall–Kier alpha value is -2.01. The fourth-order valence-corrected chi connectivity index (χ4v) is 3.33. The number of rotatable bonds is 7. The molecule has 1 aromatic carbocycles. The number of ether oxygens (including phenoxy) is 1. The predicted octanol–water partition coefficient (Wildman–Crippen LogP) is 4.44. The summed E-state index contributed by atoms with van der Waals surface area (Å²) in [6.07, 6.45) is 1.25. The fourth-order valence-electron chi connectivity index (χ4n) is 3.33. The minimum absolute atomic E-state index is 0.137. The molecule has 2 unspecified atom stereocenters. The van der Waals surface area contributed by atoms with Gasteiger partial charge in [-0.15, -0.1) is 0 Å². The summed E-state index contributed by atoms with van der Waals surface area (Å²) in [4.78, 5) is 4.84. The van der Waals surface area contributed by atoms with E-state index in [0.717, 1.165) is 41.2 Å². The first-order valence-electron chi connectivity index (χ1n) is 8.78. The Balaban J connectivity index is 2.06. The summed E-state index contributed by atoms with van der Waals surface area (Å²) in [6.45, 7) is 3.16. The number of benzene rings is 1. The third-order valence-electron chi connectivity index (χ3n) is 4.70. The lowest BCUT2D eigenvalue weighted by Gasteiger charge is -2.19. The van der Waals surface area contributed by atoms with E-state index in [2.05, 4.69) is 18.3 Å². The molecule has 134 valence electrons. The highest BCUT2D eigenvalue weighted by molar-refractivity contribution is 5.70. The summed E-state index contributed by atoms with van der Waals surface area (Å²) in [5.74, 6) is 0.934. The highest BCUT2D eigenvalue weighted by Gasteiger charge is 2.27. The van der Waals surface area contributed by atoms with E-state index in [0.29, 0.717) is 13.0 Å². The summed E-state index contributed by atoms with van der Waals surface area (Å²) < 4.78 is 31.8. The van der Waals surface area contributed by atoms with Crippen LogP contribution in [0.25, 0.3) is 11.3 Å². The van der Waals surface area contributed by atoms with E-state index in [1.165, 1.54) is 12.1 Å². The van der Waals surface area contributed by atoms with Crippen LogP contribution < -0.4 is 10.1 Å². The van der Waals surface area contributed by atoms with E-state index < -0.39 is 0 Å². The molecular weight excluding hydrogens is 322 g/mol. The SMILES string of the molecule is CNCC(CCCF)c1cc2c(c(-c3ccc(F)cc3)n1)OCC2C. The van der Waals surface area contributed by atoms with Gasteiger partial charge in [-0.05, 0) is 50.2 Å². The molecule has 2 atom stereocenters. The molecule has 0 fully saturated rings. The molecule has 0 bridgehead atoms. The number of nitrogens with one attached hydrogen (secondary N) is 1. The smallest absolute Gasteiger partial charge is 0.149 e. The van der Waals surface area contributed by atoms with E-state index in [-0.39, 0.29) is 24.3 Å². The van der Waals surface area contributed by atoms with Gasteiger partial charge in [-0.25, -0.2) is 9.37 Å². The molecule has 0 radical (unpaired) electrons. The zero-order chi connectivity index (χ0) is 17.8. The number of nitrogens with zero attached hydrogens (tertiary/aromatic N) is 1. The summed E-state index contributed by atoms with van der Waals surface area (Å²) in [7, 11) is 1.89. The van der Waals surface area contributed by atoms with Gasteiger partial charge in [-0.1, -0.05) is 6.92 Å². The molecule has 0 amide bonds. The predicted molar refractivity (Wildman–Crippen MR) is 95.4 cm³/mol. The van der Waals surface area contributed by atoms with Crippen LogP contribution in [-0.4, -0.2) is 31.9 Å². The van der Waals surface area contributed by atoms with Gasteiger partial charge >= 0.3 is 0 Å². The minimum atomic E-state index is -0.324. The monoisotopic (exact) mass is 346 g/mol. The van der Waals surface area contributed by atoms with Gasteiger partial charge in [0.1, 0.15) is 17.3 Å². The van der Waals surface area contributed by atoms with Crippen LogP contribution in [0, 0.1) is 5.82 Å². The molecule has 0 aliphatic carbocycles. The Kier molecular flexibility index (Phi) is 5.63. The van der Waals surface area contributed by atoms with Gasteiger partial charge in [-0.3, -0.25) is 4.39 Å². The molecule has 1 N–H and O–H groups in total. The topological polar surface area (TPSA) is 34.2 Å². The normalized spacial score (nSPS) is 17.2. The van der Waals surface area contributed by atoms with Crippen molar-refractivity contribution in [2.75, 3.05) is 26.9 Å². The lowest BCUT2D eigenvalue weighted by molar-refractivity contribution is 0.337. The van der Waals surface area contributed by atoms with E-state index in [1.54, 1.807) is 12.1 Å². The Morgan fingerprint density at radius 3 is 2.76 bits per heavy atom. The van der Waals surface area contributed by atoms with Gasteiger partial charge in [0, 0.05) is 35.2 Å². The number of hydrogen-bond acceptors (Lipinski definition) is 3. The maximum Gasteiger partial charge on any atom is 0.149 e. The van der Waals surface area contributed by atoms with Crippen LogP contribution in [0.4, 0.5) is 8.78 Å². The standard InChI is InChI=1S/C20H24F2N2O/c1-13-12-25-20-17(13)10-18(15(11-23-2)4-3-9-21)24-19(20)14-5-7-16(22)8-6-14/h5-8,10,13,15,23H,3-4,9,11-12H2,1-2H3. The second kappa shape index (κ2) is 7.91. The molecule has 25 heavy (non-hydrogen) atoms. The fraction of sp³-hybridized carbons (Fsp3) is 0.450. The molecule has 5 heteroatoms. The molecule has 0 saturated heterocycles. The molecule has 2 heterocycles. The highest BCUT2D eigenvalue weighted by atomic mass is 19.1. The van der Waals surface area contributed by atoms with Crippen molar-refractivity contribution in [2.45, 2.75) is 31.6 Å². The average Bonchev–Trinajstić information content (AvgIpc) is 3.00. The van der Waals surface area contributed by atoms with Crippen LogP contribution in [0.2, 0.25) is 0 Å². The van der Waals surface area contributed by atoms with Crippen LogP contribution >= 0.6 is 0 Å². The third kappa shape index (κ3) is 3.82. The summed E-state index contributed by atoms with van der Waals surface area (Å²) in [6, 6.07) is 8.41. The number of likely N-dealkylation sites (N-methyl/N-ethyl adjacent to an activating group) is 1. The van der Waals surface area contributed by atoms with Crippen molar-refractivity contribution in [3.05, 3.63) is 47.4 Å². The minimum Gasteiger partial charge on any atom is -0.490 e. The Morgan fingerprint density at radius 1 is 1.32 bits per heavy atom. The average molecular weight is 346 g/mol.